The molecule has 0 aliphatic rings. The summed E-state index contributed by atoms with van der Waals surface area (Å²) in [6.45, 7) is 4.26. The Kier molecular flexibility index (Phi) is 11.0. The number of methoxy groups -OCH3 is 1. The van der Waals surface area contributed by atoms with E-state index in [-0.39, 0.29) is 36.0 Å². The molecule has 0 heterocycles. The molecule has 0 unspecified atom stereocenters. The van der Waals surface area contributed by atoms with E-state index in [0.717, 1.165) is 23.1 Å². The third kappa shape index (κ3) is 8.93. The fraction of sp³-hybridized carbons (Fsp3) is 0.333. The maximum atomic E-state index is 13.7. The summed E-state index contributed by atoms with van der Waals surface area (Å²) in [6.07, 6.45) is 1.20. The summed E-state index contributed by atoms with van der Waals surface area (Å²) in [6, 6.07) is 22.9. The first-order chi connectivity index (χ1) is 17.9. The van der Waals surface area contributed by atoms with Gasteiger partial charge in [0.2, 0.25) is 11.8 Å². The topological polar surface area (TPSA) is 58.6 Å². The number of rotatable bonds is 13. The zero-order valence-electron chi connectivity index (χ0n) is 21.7. The number of ether oxygens (including phenoxy) is 1. The molecule has 1 N–H and O–H groups in total. The lowest BCUT2D eigenvalue weighted by molar-refractivity contribution is -0.139. The van der Waals surface area contributed by atoms with Gasteiger partial charge in [-0.3, -0.25) is 9.59 Å². The van der Waals surface area contributed by atoms with Gasteiger partial charge < -0.3 is 15.0 Å². The van der Waals surface area contributed by atoms with Gasteiger partial charge in [-0.25, -0.2) is 4.39 Å². The van der Waals surface area contributed by atoms with Gasteiger partial charge in [-0.15, -0.1) is 11.8 Å². The van der Waals surface area contributed by atoms with Crippen LogP contribution in [0.3, 0.4) is 0 Å². The second-order valence-electron chi connectivity index (χ2n) is 9.02. The molecule has 0 fully saturated rings. The number of nitrogens with zero attached hydrogens (tertiary/aromatic N) is 1. The number of benzene rings is 3. The van der Waals surface area contributed by atoms with Gasteiger partial charge in [0.25, 0.3) is 0 Å². The molecule has 0 saturated carbocycles. The molecular weight excluding hydrogens is 487 g/mol. The summed E-state index contributed by atoms with van der Waals surface area (Å²) >= 11 is 1.45. The zero-order valence-corrected chi connectivity index (χ0v) is 22.5. The van der Waals surface area contributed by atoms with Gasteiger partial charge in [0, 0.05) is 24.8 Å². The maximum Gasteiger partial charge on any atom is 0.243 e. The van der Waals surface area contributed by atoms with Gasteiger partial charge in [-0.05, 0) is 54.3 Å². The largest absolute Gasteiger partial charge is 0.497 e. The van der Waals surface area contributed by atoms with E-state index in [1.54, 1.807) is 24.1 Å². The number of nitrogens with one attached hydrogen (secondary N) is 1. The van der Waals surface area contributed by atoms with Gasteiger partial charge in [-0.1, -0.05) is 61.5 Å². The minimum atomic E-state index is -0.679. The van der Waals surface area contributed by atoms with E-state index in [0.29, 0.717) is 17.9 Å². The van der Waals surface area contributed by atoms with E-state index in [1.807, 2.05) is 68.4 Å². The van der Waals surface area contributed by atoms with Crippen molar-refractivity contribution < 1.29 is 18.7 Å². The van der Waals surface area contributed by atoms with Crippen LogP contribution in [-0.4, -0.2) is 41.7 Å². The average molecular weight is 523 g/mol. The first kappa shape index (κ1) is 28.3. The monoisotopic (exact) mass is 522 g/mol. The highest BCUT2D eigenvalue weighted by Gasteiger charge is 2.31. The lowest BCUT2D eigenvalue weighted by Crippen LogP contribution is -2.52. The normalized spacial score (nSPS) is 12.4. The van der Waals surface area contributed by atoms with Crippen molar-refractivity contribution in [2.45, 2.75) is 51.1 Å². The fourth-order valence-electron chi connectivity index (χ4n) is 3.88. The molecule has 3 aromatic carbocycles. The lowest BCUT2D eigenvalue weighted by atomic mass is 10.0. The van der Waals surface area contributed by atoms with Crippen molar-refractivity contribution in [3.05, 3.63) is 101 Å². The minimum Gasteiger partial charge on any atom is -0.497 e. The molecule has 5 nitrogen and oxygen atoms in total. The van der Waals surface area contributed by atoms with Gasteiger partial charge >= 0.3 is 0 Å². The third-order valence-electron chi connectivity index (χ3n) is 6.17. The summed E-state index contributed by atoms with van der Waals surface area (Å²) < 4.78 is 18.6. The number of halogens is 1. The van der Waals surface area contributed by atoms with E-state index in [2.05, 4.69) is 5.32 Å². The Morgan fingerprint density at radius 3 is 2.35 bits per heavy atom. The van der Waals surface area contributed by atoms with Crippen LogP contribution in [0, 0.1) is 5.82 Å². The molecule has 3 aromatic rings. The number of hydrogen-bond donors (Lipinski definition) is 1. The van der Waals surface area contributed by atoms with Gasteiger partial charge in [0.1, 0.15) is 17.6 Å². The summed E-state index contributed by atoms with van der Waals surface area (Å²) in [5.41, 5.74) is 2.80. The highest BCUT2D eigenvalue weighted by Crippen LogP contribution is 2.21. The van der Waals surface area contributed by atoms with E-state index in [4.69, 9.17) is 4.74 Å². The molecule has 0 aliphatic carbocycles. The first-order valence-electron chi connectivity index (χ1n) is 12.5. The smallest absolute Gasteiger partial charge is 0.243 e. The number of hydrogen-bond acceptors (Lipinski definition) is 4. The SMILES string of the molecule is CC[C@H](C)NC(=O)[C@@H](Cc1ccccc1)N(Cc1cccc(OC)c1)C(=O)CSCc1ccc(F)cc1. The predicted octanol–water partition coefficient (Wildman–Crippen LogP) is 5.62. The van der Waals surface area contributed by atoms with Crippen molar-refractivity contribution in [1.29, 1.82) is 0 Å². The van der Waals surface area contributed by atoms with Crippen molar-refractivity contribution in [1.82, 2.24) is 10.2 Å². The summed E-state index contributed by atoms with van der Waals surface area (Å²) in [5.74, 6) is 0.878. The highest BCUT2D eigenvalue weighted by molar-refractivity contribution is 7.99. The lowest BCUT2D eigenvalue weighted by Gasteiger charge is -2.32. The Morgan fingerprint density at radius 2 is 1.68 bits per heavy atom. The van der Waals surface area contributed by atoms with Crippen molar-refractivity contribution in [2.75, 3.05) is 12.9 Å². The number of thioether (sulfide) groups is 1. The number of amides is 2. The van der Waals surface area contributed by atoms with E-state index < -0.39 is 6.04 Å². The van der Waals surface area contributed by atoms with Crippen LogP contribution in [0.5, 0.6) is 5.75 Å². The quantitative estimate of drug-likeness (QED) is 0.317. The summed E-state index contributed by atoms with van der Waals surface area (Å²) in [4.78, 5) is 28.9. The van der Waals surface area contributed by atoms with Gasteiger partial charge in [0.05, 0.1) is 12.9 Å². The van der Waals surface area contributed by atoms with Crippen molar-refractivity contribution in [2.24, 2.45) is 0 Å². The average Bonchev–Trinajstić information content (AvgIpc) is 2.92. The van der Waals surface area contributed by atoms with Crippen LogP contribution >= 0.6 is 11.8 Å². The zero-order chi connectivity index (χ0) is 26.6. The summed E-state index contributed by atoms with van der Waals surface area (Å²) in [5, 5.41) is 3.08. The van der Waals surface area contributed by atoms with E-state index in [9.17, 15) is 14.0 Å². The van der Waals surface area contributed by atoms with Crippen LogP contribution < -0.4 is 10.1 Å². The molecule has 0 saturated heterocycles. The molecule has 196 valence electrons. The second kappa shape index (κ2) is 14.4. The van der Waals surface area contributed by atoms with E-state index >= 15 is 0 Å². The van der Waals surface area contributed by atoms with Crippen molar-refractivity contribution >= 4 is 23.6 Å². The summed E-state index contributed by atoms with van der Waals surface area (Å²) in [7, 11) is 1.60. The molecule has 2 amide bonds. The molecule has 3 rings (SSSR count). The molecular formula is C30H35FN2O3S. The Morgan fingerprint density at radius 1 is 0.973 bits per heavy atom. The van der Waals surface area contributed by atoms with Crippen LogP contribution in [0.2, 0.25) is 0 Å². The molecule has 0 aliphatic heterocycles. The Labute approximate surface area is 223 Å². The standard InChI is InChI=1S/C30H35FN2O3S/c1-4-22(2)32-30(35)28(18-23-9-6-5-7-10-23)33(19-25-11-8-12-27(17-25)36-3)29(34)21-37-20-24-13-15-26(31)16-14-24/h5-17,22,28H,4,18-21H2,1-3H3,(H,32,35)/t22-,28+/m0/s1. The minimum absolute atomic E-state index is 0.00704. The van der Waals surface area contributed by atoms with Gasteiger partial charge in [-0.2, -0.15) is 0 Å². The van der Waals surface area contributed by atoms with Crippen LogP contribution in [-0.2, 0) is 28.3 Å². The number of carbonyl (C=O) groups is 2. The van der Waals surface area contributed by atoms with Gasteiger partial charge in [0.15, 0.2) is 0 Å². The van der Waals surface area contributed by atoms with E-state index in [1.165, 1.54) is 23.9 Å². The molecule has 7 heteroatoms. The second-order valence-corrected chi connectivity index (χ2v) is 10.0. The predicted molar refractivity (Wildman–Crippen MR) is 148 cm³/mol. The van der Waals surface area contributed by atoms with Crippen LogP contribution in [0.4, 0.5) is 4.39 Å². The van der Waals surface area contributed by atoms with Crippen LogP contribution in [0.15, 0.2) is 78.9 Å². The molecule has 37 heavy (non-hydrogen) atoms. The molecule has 2 atom stereocenters. The highest BCUT2D eigenvalue weighted by atomic mass is 32.2. The Balaban J connectivity index is 1.86. The third-order valence-corrected chi connectivity index (χ3v) is 7.16. The molecule has 0 radical (unpaired) electrons. The van der Waals surface area contributed by atoms with Crippen molar-refractivity contribution in [3.63, 3.8) is 0 Å². The molecule has 0 bridgehead atoms. The van der Waals surface area contributed by atoms with Crippen LogP contribution in [0.1, 0.15) is 37.0 Å². The first-order valence-corrected chi connectivity index (χ1v) is 13.6. The molecule has 0 spiro atoms. The number of carbonyl (C=O) groups excluding carboxylic acids is 2. The molecule has 0 aromatic heterocycles. The Hall–Kier alpha value is -3.32. The Bertz CT molecular complexity index is 1140. The van der Waals surface area contributed by atoms with Crippen LogP contribution in [0.25, 0.3) is 0 Å². The maximum absolute atomic E-state index is 13.7. The fourth-order valence-corrected chi connectivity index (χ4v) is 4.75. The van der Waals surface area contributed by atoms with Crippen molar-refractivity contribution in [3.8, 4) is 5.75 Å².